The summed E-state index contributed by atoms with van der Waals surface area (Å²) in [6.45, 7) is 0. The molecule has 1 amide bonds. The van der Waals surface area contributed by atoms with E-state index in [2.05, 4.69) is 26.3 Å². The number of anilines is 1. The number of nitrogens with one attached hydrogen (secondary N) is 1. The third kappa shape index (κ3) is 2.90. The molecule has 0 fully saturated rings. The number of carbonyl (C=O) groups is 1. The Kier molecular flexibility index (Phi) is 4.00. The smallest absolute Gasteiger partial charge is 0.275 e. The van der Waals surface area contributed by atoms with Crippen molar-refractivity contribution in [2.45, 2.75) is 0 Å². The van der Waals surface area contributed by atoms with Crippen LogP contribution in [0.3, 0.4) is 0 Å². The molecule has 0 aliphatic carbocycles. The molecule has 106 valence electrons. The molecule has 0 aliphatic rings. The molecule has 21 heavy (non-hydrogen) atoms. The minimum atomic E-state index is -0.607. The van der Waals surface area contributed by atoms with Crippen molar-refractivity contribution in [3.05, 3.63) is 50.2 Å². The first kappa shape index (κ1) is 14.7. The van der Waals surface area contributed by atoms with Crippen molar-refractivity contribution in [1.82, 2.24) is 9.78 Å². The number of carbonyl (C=O) groups excluding carboxylic acids is 1. The number of nitro groups is 1. The third-order valence-corrected chi connectivity index (χ3v) is 3.27. The molecule has 2 rings (SSSR count). The molecule has 9 heteroatoms. The van der Waals surface area contributed by atoms with Crippen LogP contribution in [0.2, 0.25) is 0 Å². The van der Waals surface area contributed by atoms with Crippen LogP contribution in [0.5, 0.6) is 0 Å². The number of amides is 1. The number of nitro benzene ring substituents is 1. The zero-order valence-electron chi connectivity index (χ0n) is 10.7. The van der Waals surface area contributed by atoms with E-state index < -0.39 is 10.8 Å². The van der Waals surface area contributed by atoms with E-state index >= 15 is 0 Å². The molecule has 2 aromatic rings. The number of aromatic nitrogens is 2. The molecule has 0 unspecified atom stereocenters. The summed E-state index contributed by atoms with van der Waals surface area (Å²) < 4.78 is 1.87. The lowest BCUT2D eigenvalue weighted by Crippen LogP contribution is -2.17. The minimum absolute atomic E-state index is 0.0100. The third-order valence-electron chi connectivity index (χ3n) is 2.69. The molecule has 0 saturated heterocycles. The molecule has 8 nitrogen and oxygen atoms in total. The Balaban J connectivity index is 2.34. The van der Waals surface area contributed by atoms with Crippen LogP contribution in [0.4, 0.5) is 11.4 Å². The molecular weight excluding hydrogens is 342 g/mol. The van der Waals surface area contributed by atoms with Crippen molar-refractivity contribution in [2.24, 2.45) is 7.05 Å². The van der Waals surface area contributed by atoms with Gasteiger partial charge in [-0.15, -0.1) is 0 Å². The van der Waals surface area contributed by atoms with Crippen LogP contribution >= 0.6 is 15.9 Å². The molecule has 0 saturated carbocycles. The topological polar surface area (TPSA) is 114 Å². The normalized spacial score (nSPS) is 9.95. The summed E-state index contributed by atoms with van der Waals surface area (Å²) in [7, 11) is 1.60. The molecule has 0 atom stereocenters. The highest BCUT2D eigenvalue weighted by atomic mass is 79.9. The minimum Gasteiger partial charge on any atom is -0.319 e. The van der Waals surface area contributed by atoms with Crippen LogP contribution in [0, 0.1) is 21.4 Å². The molecule has 1 N–H and O–H groups in total. The average Bonchev–Trinajstić information content (AvgIpc) is 2.78. The van der Waals surface area contributed by atoms with E-state index in [9.17, 15) is 14.9 Å². The van der Waals surface area contributed by atoms with Crippen LogP contribution in [-0.2, 0) is 7.05 Å². The maximum atomic E-state index is 12.2. The van der Waals surface area contributed by atoms with Gasteiger partial charge >= 0.3 is 0 Å². The van der Waals surface area contributed by atoms with Gasteiger partial charge in [-0.1, -0.05) is 0 Å². The van der Waals surface area contributed by atoms with Gasteiger partial charge in [0.05, 0.1) is 26.8 Å². The molecule has 0 bridgehead atoms. The molecule has 0 spiro atoms. The zero-order chi connectivity index (χ0) is 15.6. The lowest BCUT2D eigenvalue weighted by atomic mass is 10.1. The summed E-state index contributed by atoms with van der Waals surface area (Å²) in [6, 6.07) is 5.46. The first-order valence-corrected chi connectivity index (χ1v) is 6.40. The number of non-ortho nitro benzene ring substituents is 1. The number of rotatable bonds is 3. The Bertz CT molecular complexity index is 758. The predicted molar refractivity (Wildman–Crippen MR) is 76.7 cm³/mol. The van der Waals surface area contributed by atoms with E-state index in [0.717, 1.165) is 6.07 Å². The van der Waals surface area contributed by atoms with Crippen LogP contribution in [0.1, 0.15) is 16.1 Å². The second kappa shape index (κ2) is 5.72. The van der Waals surface area contributed by atoms with Crippen LogP contribution in [0.15, 0.2) is 28.9 Å². The van der Waals surface area contributed by atoms with Crippen molar-refractivity contribution in [3.8, 4) is 6.07 Å². The van der Waals surface area contributed by atoms with Crippen molar-refractivity contribution in [3.63, 3.8) is 0 Å². The fourth-order valence-electron chi connectivity index (χ4n) is 1.69. The maximum absolute atomic E-state index is 12.2. The Morgan fingerprint density at radius 3 is 2.81 bits per heavy atom. The Morgan fingerprint density at radius 1 is 1.57 bits per heavy atom. The van der Waals surface area contributed by atoms with Crippen molar-refractivity contribution >= 4 is 33.2 Å². The molecule has 1 heterocycles. The molecular formula is C12H8BrN5O3. The lowest BCUT2D eigenvalue weighted by Gasteiger charge is -2.07. The highest BCUT2D eigenvalue weighted by Gasteiger charge is 2.18. The van der Waals surface area contributed by atoms with Crippen LogP contribution in [-0.4, -0.2) is 20.6 Å². The summed E-state index contributed by atoms with van der Waals surface area (Å²) in [5.41, 5.74) is 0.264. The first-order valence-electron chi connectivity index (χ1n) is 5.61. The van der Waals surface area contributed by atoms with Crippen molar-refractivity contribution in [1.29, 1.82) is 5.26 Å². The molecule has 0 radical (unpaired) electrons. The number of nitriles is 1. The summed E-state index contributed by atoms with van der Waals surface area (Å²) >= 11 is 3.20. The highest BCUT2D eigenvalue weighted by Crippen LogP contribution is 2.23. The van der Waals surface area contributed by atoms with Gasteiger partial charge < -0.3 is 5.32 Å². The number of hydrogen-bond acceptors (Lipinski definition) is 5. The van der Waals surface area contributed by atoms with E-state index in [0.29, 0.717) is 4.47 Å². The second-order valence-electron chi connectivity index (χ2n) is 4.02. The Morgan fingerprint density at radius 2 is 2.29 bits per heavy atom. The first-order chi connectivity index (χ1) is 9.93. The molecule has 0 aliphatic heterocycles. The second-order valence-corrected chi connectivity index (χ2v) is 4.87. The summed E-state index contributed by atoms with van der Waals surface area (Å²) in [5.74, 6) is -0.479. The fraction of sp³-hybridized carbons (Fsp3) is 0.0833. The SMILES string of the molecule is Cn1ncc(Br)c1C(=O)Nc1ccc([N+](=O)[O-])cc1C#N. The fourth-order valence-corrected chi connectivity index (χ4v) is 2.22. The van der Waals surface area contributed by atoms with E-state index in [1.807, 2.05) is 6.07 Å². The maximum Gasteiger partial charge on any atom is 0.275 e. The number of halogens is 1. The van der Waals surface area contributed by atoms with Gasteiger partial charge in [-0.2, -0.15) is 10.4 Å². The van der Waals surface area contributed by atoms with Gasteiger partial charge in [-0.3, -0.25) is 19.6 Å². The Hall–Kier alpha value is -2.73. The van der Waals surface area contributed by atoms with Crippen molar-refractivity contribution < 1.29 is 9.72 Å². The number of nitrogens with zero attached hydrogens (tertiary/aromatic N) is 4. The predicted octanol–water partition coefficient (Wildman–Crippen LogP) is 2.21. The van der Waals surface area contributed by atoms with Gasteiger partial charge in [0.1, 0.15) is 11.8 Å². The number of hydrogen-bond donors (Lipinski definition) is 1. The van der Waals surface area contributed by atoms with E-state index in [4.69, 9.17) is 5.26 Å². The van der Waals surface area contributed by atoms with Gasteiger partial charge in [-0.05, 0) is 22.0 Å². The largest absolute Gasteiger partial charge is 0.319 e. The quantitative estimate of drug-likeness (QED) is 0.673. The van der Waals surface area contributed by atoms with Gasteiger partial charge in [0.2, 0.25) is 0 Å². The van der Waals surface area contributed by atoms with Gasteiger partial charge in [-0.25, -0.2) is 0 Å². The van der Waals surface area contributed by atoms with Crippen LogP contribution in [0.25, 0.3) is 0 Å². The zero-order valence-corrected chi connectivity index (χ0v) is 12.3. The van der Waals surface area contributed by atoms with Crippen molar-refractivity contribution in [2.75, 3.05) is 5.32 Å². The number of benzene rings is 1. The standard InChI is InChI=1S/C12H8BrN5O3/c1-17-11(9(13)6-15-17)12(19)16-10-3-2-8(18(20)21)4-7(10)5-14/h2-4,6H,1H3,(H,16,19). The van der Waals surface area contributed by atoms with Gasteiger partial charge in [0.25, 0.3) is 11.6 Å². The lowest BCUT2D eigenvalue weighted by molar-refractivity contribution is -0.384. The van der Waals surface area contributed by atoms with E-state index in [-0.39, 0.29) is 22.6 Å². The van der Waals surface area contributed by atoms with Gasteiger partial charge in [0, 0.05) is 19.2 Å². The van der Waals surface area contributed by atoms with E-state index in [1.165, 1.54) is 23.0 Å². The highest BCUT2D eigenvalue weighted by molar-refractivity contribution is 9.10. The summed E-state index contributed by atoms with van der Waals surface area (Å²) in [4.78, 5) is 22.2. The van der Waals surface area contributed by atoms with E-state index in [1.54, 1.807) is 7.05 Å². The average molecular weight is 350 g/mol. The van der Waals surface area contributed by atoms with Crippen LogP contribution < -0.4 is 5.32 Å². The Labute approximate surface area is 127 Å². The number of aryl methyl sites for hydroxylation is 1. The summed E-state index contributed by atoms with van der Waals surface area (Å²) in [5, 5.41) is 26.1. The monoisotopic (exact) mass is 349 g/mol. The van der Waals surface area contributed by atoms with Gasteiger partial charge in [0.15, 0.2) is 0 Å². The summed E-state index contributed by atoms with van der Waals surface area (Å²) in [6.07, 6.45) is 1.47. The molecule has 1 aromatic heterocycles. The molecule has 1 aromatic carbocycles.